The van der Waals surface area contributed by atoms with E-state index in [4.69, 9.17) is 19.6 Å². The van der Waals surface area contributed by atoms with Gasteiger partial charge in [0.1, 0.15) is 12.4 Å². The molecule has 1 atom stereocenters. The molecule has 9 heteroatoms. The van der Waals surface area contributed by atoms with Crippen molar-refractivity contribution < 1.29 is 18.7 Å². The molecule has 0 saturated heterocycles. The molecule has 32 heavy (non-hydrogen) atoms. The number of nitrogens with two attached hydrogens (primary N) is 1. The van der Waals surface area contributed by atoms with Crippen LogP contribution >= 0.6 is 0 Å². The molecule has 1 aromatic carbocycles. The van der Waals surface area contributed by atoms with Crippen LogP contribution in [0.4, 0.5) is 5.82 Å². The summed E-state index contributed by atoms with van der Waals surface area (Å²) in [5.74, 6) is -0.432. The van der Waals surface area contributed by atoms with Gasteiger partial charge in [-0.3, -0.25) is 0 Å². The fraction of sp³-hybridized carbons (Fsp3) is 0.478. The van der Waals surface area contributed by atoms with Crippen molar-refractivity contribution in [3.8, 4) is 23.3 Å². The van der Waals surface area contributed by atoms with Crippen molar-refractivity contribution in [1.29, 1.82) is 5.26 Å². The highest BCUT2D eigenvalue weighted by atomic mass is 28.4. The largest absolute Gasteiger partial charge is 0.474 e. The smallest absolute Gasteiger partial charge is 0.347 e. The lowest BCUT2D eigenvalue weighted by atomic mass is 10.1. The summed E-state index contributed by atoms with van der Waals surface area (Å²) in [5, 5.41) is 9.23. The average Bonchev–Trinajstić information content (AvgIpc) is 2.70. The Morgan fingerprint density at radius 2 is 1.97 bits per heavy atom. The van der Waals surface area contributed by atoms with Gasteiger partial charge in [-0.25, -0.2) is 9.78 Å². The average molecular weight is 457 g/mol. The van der Waals surface area contributed by atoms with Gasteiger partial charge >= 0.3 is 5.97 Å². The highest BCUT2D eigenvalue weighted by Gasteiger charge is 2.38. The first-order valence-corrected chi connectivity index (χ1v) is 13.5. The highest BCUT2D eigenvalue weighted by Crippen LogP contribution is 2.37. The summed E-state index contributed by atoms with van der Waals surface area (Å²) in [6.45, 7) is 14.8. The van der Waals surface area contributed by atoms with E-state index in [0.717, 1.165) is 0 Å². The first kappa shape index (κ1) is 25.3. The summed E-state index contributed by atoms with van der Waals surface area (Å²) < 4.78 is 17.4. The van der Waals surface area contributed by atoms with Crippen molar-refractivity contribution in [2.75, 3.05) is 18.9 Å². The predicted molar refractivity (Wildman–Crippen MR) is 126 cm³/mol. The number of rotatable bonds is 8. The summed E-state index contributed by atoms with van der Waals surface area (Å²) in [7, 11) is -2.00. The molecule has 0 aliphatic heterocycles. The molecule has 0 radical (unpaired) electrons. The Labute approximate surface area is 190 Å². The van der Waals surface area contributed by atoms with Gasteiger partial charge in [0.15, 0.2) is 19.7 Å². The lowest BCUT2D eigenvalue weighted by Crippen LogP contribution is -2.44. The second-order valence-corrected chi connectivity index (χ2v) is 13.8. The Morgan fingerprint density at radius 1 is 1.28 bits per heavy atom. The minimum Gasteiger partial charge on any atom is -0.474 e. The van der Waals surface area contributed by atoms with Crippen LogP contribution in [0.5, 0.6) is 5.88 Å². The molecule has 8 nitrogen and oxygen atoms in total. The molecule has 172 valence electrons. The highest BCUT2D eigenvalue weighted by molar-refractivity contribution is 6.74. The monoisotopic (exact) mass is 456 g/mol. The van der Waals surface area contributed by atoms with Crippen LogP contribution in [0.2, 0.25) is 18.1 Å². The van der Waals surface area contributed by atoms with E-state index in [9.17, 15) is 10.1 Å². The first-order valence-electron chi connectivity index (χ1n) is 10.6. The number of carbonyl (C=O) groups excluding carboxylic acids is 1. The number of esters is 1. The van der Waals surface area contributed by atoms with Crippen LogP contribution in [0.1, 0.15) is 50.5 Å². The molecule has 0 unspecified atom stereocenters. The summed E-state index contributed by atoms with van der Waals surface area (Å²) >= 11 is 0. The van der Waals surface area contributed by atoms with Gasteiger partial charge in [-0.15, -0.1) is 0 Å². The lowest BCUT2D eigenvalue weighted by Gasteiger charge is -2.38. The number of hydrogen-bond acceptors (Lipinski definition) is 8. The zero-order chi connectivity index (χ0) is 24.1. The van der Waals surface area contributed by atoms with Crippen molar-refractivity contribution in [3.63, 3.8) is 0 Å². The minimum atomic E-state index is -2.00. The second kappa shape index (κ2) is 10.1. The number of hydrogen-bond donors (Lipinski definition) is 1. The molecule has 1 heterocycles. The molecule has 0 spiro atoms. The molecule has 0 fully saturated rings. The van der Waals surface area contributed by atoms with Crippen LogP contribution in [-0.2, 0) is 9.16 Å². The van der Waals surface area contributed by atoms with Crippen LogP contribution in [0, 0.1) is 11.3 Å². The van der Waals surface area contributed by atoms with E-state index in [2.05, 4.69) is 49.9 Å². The maximum atomic E-state index is 12.5. The SMILES string of the molecule is CCOC(=O)c1c(N)nc(-c2cccc(C#N)c2)nc1OC[C@H](C)O[Si](C)(C)C(C)(C)C. The third kappa shape index (κ3) is 6.05. The fourth-order valence-corrected chi connectivity index (χ4v) is 4.15. The maximum absolute atomic E-state index is 12.5. The molecule has 0 aliphatic carbocycles. The maximum Gasteiger partial charge on any atom is 0.347 e. The van der Waals surface area contributed by atoms with Crippen LogP contribution in [0.15, 0.2) is 24.3 Å². The topological polar surface area (TPSA) is 120 Å². The van der Waals surface area contributed by atoms with Gasteiger partial charge in [-0.05, 0) is 44.1 Å². The first-order chi connectivity index (χ1) is 14.9. The third-order valence-electron chi connectivity index (χ3n) is 5.39. The van der Waals surface area contributed by atoms with Crippen LogP contribution in [-0.4, -0.2) is 43.6 Å². The van der Waals surface area contributed by atoms with Crippen molar-refractivity contribution >= 4 is 20.1 Å². The molecule has 2 aromatic rings. The van der Waals surface area contributed by atoms with E-state index in [1.165, 1.54) is 0 Å². The van der Waals surface area contributed by atoms with E-state index in [1.54, 1.807) is 31.2 Å². The van der Waals surface area contributed by atoms with Crippen molar-refractivity contribution in [1.82, 2.24) is 9.97 Å². The van der Waals surface area contributed by atoms with Crippen molar-refractivity contribution in [3.05, 3.63) is 35.4 Å². The van der Waals surface area contributed by atoms with E-state index in [1.807, 2.05) is 6.92 Å². The normalized spacial score (nSPS) is 12.7. The van der Waals surface area contributed by atoms with E-state index < -0.39 is 14.3 Å². The number of aromatic nitrogens is 2. The summed E-state index contributed by atoms with van der Waals surface area (Å²) in [6.07, 6.45) is -0.229. The third-order valence-corrected chi connectivity index (χ3v) is 9.99. The molecule has 0 bridgehead atoms. The number of nitrogens with zero attached hydrogens (tertiary/aromatic N) is 3. The van der Waals surface area contributed by atoms with Gasteiger partial charge in [0.25, 0.3) is 0 Å². The lowest BCUT2D eigenvalue weighted by molar-refractivity contribution is 0.0517. The molecule has 1 aromatic heterocycles. The molecule has 2 rings (SSSR count). The summed E-state index contributed by atoms with van der Waals surface area (Å²) in [5.41, 5.74) is 7.12. The number of anilines is 1. The van der Waals surface area contributed by atoms with Gasteiger partial charge in [-0.1, -0.05) is 32.9 Å². The molecule has 0 aliphatic rings. The Kier molecular flexibility index (Phi) is 7.99. The minimum absolute atomic E-state index is 0.0217. The van der Waals surface area contributed by atoms with Crippen molar-refractivity contribution in [2.24, 2.45) is 0 Å². The summed E-state index contributed by atoms with van der Waals surface area (Å²) in [6, 6.07) is 8.89. The molecule has 0 amide bonds. The zero-order valence-electron chi connectivity index (χ0n) is 19.9. The Bertz CT molecular complexity index is 1010. The number of nitriles is 1. The predicted octanol–water partition coefficient (Wildman–Crippen LogP) is 4.56. The molecule has 2 N–H and O–H groups in total. The number of ether oxygens (including phenoxy) is 2. The molecular weight excluding hydrogens is 424 g/mol. The van der Waals surface area contributed by atoms with Crippen LogP contribution in [0.25, 0.3) is 11.4 Å². The standard InChI is InChI=1S/C23H32N4O4Si/c1-8-29-22(28)18-19(25)26-20(17-11-9-10-16(12-17)13-24)27-21(18)30-14-15(2)31-32(6,7)23(3,4)5/h9-12,15H,8,14H2,1-7H3,(H2,25,26,27)/t15-/m0/s1. The summed E-state index contributed by atoms with van der Waals surface area (Å²) in [4.78, 5) is 21.2. The Balaban J connectivity index is 2.38. The van der Waals surface area contributed by atoms with E-state index in [-0.39, 0.29) is 47.4 Å². The van der Waals surface area contributed by atoms with Gasteiger partial charge < -0.3 is 19.6 Å². The van der Waals surface area contributed by atoms with Gasteiger partial charge in [-0.2, -0.15) is 10.2 Å². The van der Waals surface area contributed by atoms with E-state index >= 15 is 0 Å². The number of carbonyl (C=O) groups is 1. The van der Waals surface area contributed by atoms with E-state index in [0.29, 0.717) is 11.1 Å². The van der Waals surface area contributed by atoms with Crippen molar-refractivity contribution in [2.45, 2.75) is 58.9 Å². The van der Waals surface area contributed by atoms with Gasteiger partial charge in [0.05, 0.1) is 24.3 Å². The van der Waals surface area contributed by atoms with Gasteiger partial charge in [0, 0.05) is 5.56 Å². The van der Waals surface area contributed by atoms with Crippen LogP contribution < -0.4 is 10.5 Å². The quantitative estimate of drug-likeness (QED) is 0.453. The fourth-order valence-electron chi connectivity index (χ4n) is 2.72. The zero-order valence-corrected chi connectivity index (χ0v) is 20.9. The number of nitrogen functional groups attached to an aromatic ring is 1. The number of benzene rings is 1. The van der Waals surface area contributed by atoms with Crippen LogP contribution in [0.3, 0.4) is 0 Å². The molecule has 0 saturated carbocycles. The molecular formula is C23H32N4O4Si. The Hall–Kier alpha value is -2.96. The van der Waals surface area contributed by atoms with Gasteiger partial charge in [0.2, 0.25) is 5.88 Å². The second-order valence-electron chi connectivity index (χ2n) is 9.03. The Morgan fingerprint density at radius 3 is 2.56 bits per heavy atom.